The van der Waals surface area contributed by atoms with Gasteiger partial charge in [-0.25, -0.2) is 5.43 Å². The first kappa shape index (κ1) is 9.07. The van der Waals surface area contributed by atoms with E-state index in [1.165, 1.54) is 6.92 Å². The highest BCUT2D eigenvalue weighted by Gasteiger charge is 2.04. The van der Waals surface area contributed by atoms with Crippen molar-refractivity contribution in [3.8, 4) is 6.19 Å². The zero-order valence-electron chi connectivity index (χ0n) is 7.16. The van der Waals surface area contributed by atoms with Crippen molar-refractivity contribution in [1.29, 1.82) is 5.26 Å². The Kier molecular flexibility index (Phi) is 2.87. The molecular weight excluding hydrogens is 166 g/mol. The summed E-state index contributed by atoms with van der Waals surface area (Å²) < 4.78 is 0. The van der Waals surface area contributed by atoms with E-state index in [9.17, 15) is 4.79 Å². The third kappa shape index (κ3) is 2.20. The van der Waals surface area contributed by atoms with Gasteiger partial charge in [0, 0.05) is 5.56 Å². The number of para-hydroxylation sites is 1. The molecule has 0 fully saturated rings. The van der Waals surface area contributed by atoms with Gasteiger partial charge in [-0.1, -0.05) is 12.1 Å². The van der Waals surface area contributed by atoms with Gasteiger partial charge in [-0.15, -0.1) is 0 Å². The van der Waals surface area contributed by atoms with Gasteiger partial charge < -0.3 is 0 Å². The molecule has 1 aromatic carbocycles. The van der Waals surface area contributed by atoms with Crippen molar-refractivity contribution < 1.29 is 4.79 Å². The van der Waals surface area contributed by atoms with Gasteiger partial charge in [0.15, 0.2) is 12.0 Å². The highest BCUT2D eigenvalue weighted by molar-refractivity contribution is 5.99. The van der Waals surface area contributed by atoms with Crippen molar-refractivity contribution >= 4 is 11.5 Å². The predicted octanol–water partition coefficient (Wildman–Crippen LogP) is 1.29. The van der Waals surface area contributed by atoms with Crippen LogP contribution in [0.1, 0.15) is 17.3 Å². The summed E-state index contributed by atoms with van der Waals surface area (Å²) in [6.07, 6.45) is 1.71. The number of carbonyl (C=O) groups excluding carboxylic acids is 1. The molecule has 0 aliphatic rings. The number of benzene rings is 1. The largest absolute Gasteiger partial charge is 0.294 e. The Balaban J connectivity index is 2.92. The molecule has 2 N–H and O–H groups in total. The van der Waals surface area contributed by atoms with E-state index in [4.69, 9.17) is 5.26 Å². The third-order valence-corrected chi connectivity index (χ3v) is 1.56. The monoisotopic (exact) mass is 175 g/mol. The smallest absolute Gasteiger partial charge is 0.197 e. The zero-order valence-corrected chi connectivity index (χ0v) is 7.16. The van der Waals surface area contributed by atoms with Gasteiger partial charge in [0.2, 0.25) is 0 Å². The first-order valence-corrected chi connectivity index (χ1v) is 3.76. The van der Waals surface area contributed by atoms with Gasteiger partial charge in [-0.2, -0.15) is 5.26 Å². The summed E-state index contributed by atoms with van der Waals surface area (Å²) in [5.41, 5.74) is 6.04. The topological polar surface area (TPSA) is 64.9 Å². The Bertz CT molecular complexity index is 354. The number of nitriles is 1. The molecule has 0 atom stereocenters. The number of rotatable bonds is 3. The third-order valence-electron chi connectivity index (χ3n) is 1.56. The van der Waals surface area contributed by atoms with Gasteiger partial charge in [-0.3, -0.25) is 10.2 Å². The van der Waals surface area contributed by atoms with Crippen LogP contribution in [-0.4, -0.2) is 5.78 Å². The molecule has 0 saturated carbocycles. The van der Waals surface area contributed by atoms with Crippen molar-refractivity contribution in [2.24, 2.45) is 0 Å². The van der Waals surface area contributed by atoms with E-state index in [-0.39, 0.29) is 5.78 Å². The SMILES string of the molecule is CC(=O)c1ccccc1NNC#N. The summed E-state index contributed by atoms with van der Waals surface area (Å²) in [6.45, 7) is 1.48. The molecule has 0 aromatic heterocycles. The number of hydrogen-bond acceptors (Lipinski definition) is 4. The van der Waals surface area contributed by atoms with Gasteiger partial charge in [0.1, 0.15) is 0 Å². The summed E-state index contributed by atoms with van der Waals surface area (Å²) >= 11 is 0. The van der Waals surface area contributed by atoms with E-state index < -0.39 is 0 Å². The van der Waals surface area contributed by atoms with Crippen LogP contribution in [0.2, 0.25) is 0 Å². The summed E-state index contributed by atoms with van der Waals surface area (Å²) in [6, 6.07) is 6.98. The van der Waals surface area contributed by atoms with E-state index in [1.54, 1.807) is 30.5 Å². The summed E-state index contributed by atoms with van der Waals surface area (Å²) in [7, 11) is 0. The molecule has 0 amide bonds. The Hall–Kier alpha value is -2.02. The zero-order chi connectivity index (χ0) is 9.68. The molecule has 4 nitrogen and oxygen atoms in total. The predicted molar refractivity (Wildman–Crippen MR) is 48.8 cm³/mol. The maximum atomic E-state index is 11.1. The molecule has 0 unspecified atom stereocenters. The lowest BCUT2D eigenvalue weighted by atomic mass is 10.1. The van der Waals surface area contributed by atoms with Crippen molar-refractivity contribution in [1.82, 2.24) is 5.43 Å². The van der Waals surface area contributed by atoms with E-state index >= 15 is 0 Å². The van der Waals surface area contributed by atoms with Gasteiger partial charge >= 0.3 is 0 Å². The second-order valence-electron chi connectivity index (χ2n) is 2.46. The van der Waals surface area contributed by atoms with Crippen molar-refractivity contribution in [2.75, 3.05) is 5.43 Å². The van der Waals surface area contributed by atoms with Crippen LogP contribution in [0.3, 0.4) is 0 Å². The van der Waals surface area contributed by atoms with E-state index in [2.05, 4.69) is 10.9 Å². The Morgan fingerprint density at radius 3 is 2.77 bits per heavy atom. The van der Waals surface area contributed by atoms with Crippen molar-refractivity contribution in [3.05, 3.63) is 29.8 Å². The molecule has 4 heteroatoms. The van der Waals surface area contributed by atoms with Crippen LogP contribution in [0.5, 0.6) is 0 Å². The molecule has 0 heterocycles. The maximum Gasteiger partial charge on any atom is 0.197 e. The summed E-state index contributed by atoms with van der Waals surface area (Å²) in [5, 5.41) is 8.25. The number of Topliss-reactive ketones (excluding diaryl/α,β-unsaturated/α-hetero) is 1. The van der Waals surface area contributed by atoms with Gasteiger partial charge in [-0.05, 0) is 19.1 Å². The Labute approximate surface area is 76.2 Å². The van der Waals surface area contributed by atoms with Crippen LogP contribution < -0.4 is 10.9 Å². The number of nitrogens with zero attached hydrogens (tertiary/aromatic N) is 1. The average molecular weight is 175 g/mol. The molecular formula is C9H9N3O. The first-order valence-electron chi connectivity index (χ1n) is 3.76. The minimum absolute atomic E-state index is 0.0390. The van der Waals surface area contributed by atoms with Gasteiger partial charge in [0.25, 0.3) is 0 Å². The molecule has 0 radical (unpaired) electrons. The number of anilines is 1. The average Bonchev–Trinajstić information content (AvgIpc) is 2.15. The molecule has 0 spiro atoms. The maximum absolute atomic E-state index is 11.1. The minimum atomic E-state index is -0.0390. The quantitative estimate of drug-likeness (QED) is 0.314. The summed E-state index contributed by atoms with van der Waals surface area (Å²) in [4.78, 5) is 11.1. The lowest BCUT2D eigenvalue weighted by molar-refractivity contribution is 0.101. The number of ketones is 1. The molecule has 66 valence electrons. The van der Waals surface area contributed by atoms with Crippen LogP contribution in [0.25, 0.3) is 0 Å². The van der Waals surface area contributed by atoms with Crippen LogP contribution >= 0.6 is 0 Å². The highest BCUT2D eigenvalue weighted by Crippen LogP contribution is 2.13. The van der Waals surface area contributed by atoms with Crippen LogP contribution in [0.4, 0.5) is 5.69 Å². The molecule has 1 rings (SSSR count). The molecule has 0 aliphatic heterocycles. The van der Waals surface area contributed by atoms with Crippen LogP contribution in [0.15, 0.2) is 24.3 Å². The Morgan fingerprint density at radius 1 is 1.46 bits per heavy atom. The number of carbonyl (C=O) groups is 1. The lowest BCUT2D eigenvalue weighted by Crippen LogP contribution is -2.16. The fraction of sp³-hybridized carbons (Fsp3) is 0.111. The number of hydrogen-bond donors (Lipinski definition) is 2. The molecule has 13 heavy (non-hydrogen) atoms. The second kappa shape index (κ2) is 4.12. The van der Waals surface area contributed by atoms with E-state index in [0.717, 1.165) is 0 Å². The Morgan fingerprint density at radius 2 is 2.15 bits per heavy atom. The van der Waals surface area contributed by atoms with Crippen LogP contribution in [0, 0.1) is 11.5 Å². The number of nitrogens with one attached hydrogen (secondary N) is 2. The van der Waals surface area contributed by atoms with Crippen LogP contribution in [-0.2, 0) is 0 Å². The number of hydrazine groups is 1. The van der Waals surface area contributed by atoms with E-state index in [0.29, 0.717) is 11.3 Å². The van der Waals surface area contributed by atoms with Crippen molar-refractivity contribution in [2.45, 2.75) is 6.92 Å². The minimum Gasteiger partial charge on any atom is -0.294 e. The molecule has 0 aliphatic carbocycles. The lowest BCUT2D eigenvalue weighted by Gasteiger charge is -2.06. The fourth-order valence-electron chi connectivity index (χ4n) is 0.994. The van der Waals surface area contributed by atoms with E-state index in [1.807, 2.05) is 0 Å². The molecule has 1 aromatic rings. The second-order valence-corrected chi connectivity index (χ2v) is 2.46. The molecule has 0 saturated heterocycles. The molecule has 0 bridgehead atoms. The first-order chi connectivity index (χ1) is 6.25. The van der Waals surface area contributed by atoms with Crippen molar-refractivity contribution in [3.63, 3.8) is 0 Å². The highest BCUT2D eigenvalue weighted by atomic mass is 16.1. The fourth-order valence-corrected chi connectivity index (χ4v) is 0.994. The summed E-state index contributed by atoms with van der Waals surface area (Å²) in [5.74, 6) is -0.0390. The van der Waals surface area contributed by atoms with Gasteiger partial charge in [0.05, 0.1) is 5.69 Å². The normalized spacial score (nSPS) is 8.62. The standard InChI is InChI=1S/C9H9N3O/c1-7(13)8-4-2-3-5-9(8)12-11-6-10/h2-5,11-12H,1H3.